The Labute approximate surface area is 260 Å². The third-order valence-corrected chi connectivity index (χ3v) is 14.6. The van der Waals surface area contributed by atoms with Gasteiger partial charge >= 0.3 is 5.97 Å². The Morgan fingerprint density at radius 3 is 2.23 bits per heavy atom. The average molecular weight is 589 g/mol. The lowest BCUT2D eigenvalue weighted by molar-refractivity contribution is -0.232. The maximum absolute atomic E-state index is 13.0. The number of phenols is 2. The fourth-order valence-corrected chi connectivity index (χ4v) is 11.8. The Kier molecular flexibility index (Phi) is 7.08. The van der Waals surface area contributed by atoms with Crippen LogP contribution in [-0.4, -0.2) is 22.3 Å². The van der Waals surface area contributed by atoms with Gasteiger partial charge in [-0.2, -0.15) is 0 Å². The smallest absolute Gasteiger partial charge is 0.331 e. The summed E-state index contributed by atoms with van der Waals surface area (Å²) in [6.07, 6.45) is 18.2. The highest BCUT2D eigenvalue weighted by molar-refractivity contribution is 5.87. The van der Waals surface area contributed by atoms with Gasteiger partial charge in [-0.25, -0.2) is 4.79 Å². The van der Waals surface area contributed by atoms with Gasteiger partial charge in [0.1, 0.15) is 6.10 Å². The summed E-state index contributed by atoms with van der Waals surface area (Å²) in [5.74, 6) is 1.22. The van der Waals surface area contributed by atoms with Crippen LogP contribution in [0.5, 0.6) is 11.5 Å². The Hall–Kier alpha value is -2.23. The molecule has 5 aliphatic rings. The van der Waals surface area contributed by atoms with Crippen LogP contribution in [0.4, 0.5) is 0 Å². The molecular weight excluding hydrogens is 532 g/mol. The fourth-order valence-electron chi connectivity index (χ4n) is 11.8. The molecule has 1 aromatic rings. The molecule has 1 aromatic carbocycles. The number of phenolic OH excluding ortho intramolecular Hbond substituents is 2. The van der Waals surface area contributed by atoms with E-state index in [0.717, 1.165) is 12.8 Å². The highest BCUT2D eigenvalue weighted by Gasteiger charge is 2.69. The minimum atomic E-state index is -0.336. The summed E-state index contributed by atoms with van der Waals surface area (Å²) >= 11 is 0. The lowest BCUT2D eigenvalue weighted by atomic mass is 9.32. The highest BCUT2D eigenvalue weighted by atomic mass is 16.5. The second-order valence-electron chi connectivity index (χ2n) is 17.6. The second-order valence-corrected chi connectivity index (χ2v) is 17.6. The molecule has 0 radical (unpaired) electrons. The van der Waals surface area contributed by atoms with Gasteiger partial charge in [-0.3, -0.25) is 0 Å². The van der Waals surface area contributed by atoms with Crippen molar-refractivity contribution < 1.29 is 19.7 Å². The van der Waals surface area contributed by atoms with Crippen molar-refractivity contribution in [2.45, 2.75) is 126 Å². The number of allylic oxidation sites excluding steroid dienone is 2. The molecule has 0 bridgehead atoms. The monoisotopic (exact) mass is 588 g/mol. The van der Waals surface area contributed by atoms with Gasteiger partial charge < -0.3 is 14.9 Å². The number of aromatic hydroxyl groups is 2. The normalized spacial score (nSPS) is 43.0. The van der Waals surface area contributed by atoms with Gasteiger partial charge in [0.05, 0.1) is 0 Å². The Balaban J connectivity index is 1.22. The first-order valence-corrected chi connectivity index (χ1v) is 17.1. The molecule has 4 heteroatoms. The van der Waals surface area contributed by atoms with Crippen molar-refractivity contribution >= 4 is 12.0 Å². The SMILES string of the molecule is CC1(C)C=C2C3CCC4[C@@]5(C)CC[C@H](OC(=O)/C=C/c6ccc(O)c(O)c6)C(C)(C)C5CC[C@@]4(C)[C@]3(C)CC[C@@]2(C)CC1. The summed E-state index contributed by atoms with van der Waals surface area (Å²) in [4.78, 5) is 13.0. The maximum atomic E-state index is 13.0. The van der Waals surface area contributed by atoms with E-state index in [1.165, 1.54) is 69.6 Å². The van der Waals surface area contributed by atoms with Gasteiger partial charge in [-0.15, -0.1) is 0 Å². The first-order valence-electron chi connectivity index (χ1n) is 17.1. The van der Waals surface area contributed by atoms with E-state index in [4.69, 9.17) is 4.74 Å². The largest absolute Gasteiger partial charge is 0.504 e. The Morgan fingerprint density at radius 2 is 1.51 bits per heavy atom. The van der Waals surface area contributed by atoms with Gasteiger partial charge in [0, 0.05) is 11.5 Å². The third kappa shape index (κ3) is 4.62. The van der Waals surface area contributed by atoms with Crippen molar-refractivity contribution in [2.24, 2.45) is 50.2 Å². The Bertz CT molecular complexity index is 1350. The molecule has 4 nitrogen and oxygen atoms in total. The summed E-state index contributed by atoms with van der Waals surface area (Å²) in [7, 11) is 0. The van der Waals surface area contributed by atoms with Crippen molar-refractivity contribution in [1.29, 1.82) is 0 Å². The molecule has 0 aliphatic heterocycles. The lowest BCUT2D eigenvalue weighted by Crippen LogP contribution is -2.66. The molecule has 0 amide bonds. The number of hydrogen-bond acceptors (Lipinski definition) is 4. The highest BCUT2D eigenvalue weighted by Crippen LogP contribution is 2.76. The number of fused-ring (bicyclic) bond motifs is 7. The van der Waals surface area contributed by atoms with Crippen LogP contribution in [0.1, 0.15) is 125 Å². The molecule has 43 heavy (non-hydrogen) atoms. The van der Waals surface area contributed by atoms with E-state index in [1.807, 2.05) is 5.57 Å². The van der Waals surface area contributed by atoms with E-state index in [2.05, 4.69) is 61.5 Å². The molecule has 0 spiro atoms. The van der Waals surface area contributed by atoms with Crippen LogP contribution in [0.15, 0.2) is 35.9 Å². The summed E-state index contributed by atoms with van der Waals surface area (Å²) in [6, 6.07) is 4.54. The van der Waals surface area contributed by atoms with Crippen molar-refractivity contribution in [3.8, 4) is 11.5 Å². The molecule has 2 N–H and O–H groups in total. The lowest BCUT2D eigenvalue weighted by Gasteiger charge is -2.72. The van der Waals surface area contributed by atoms with Crippen LogP contribution >= 0.6 is 0 Å². The van der Waals surface area contributed by atoms with E-state index in [1.54, 1.807) is 12.1 Å². The van der Waals surface area contributed by atoms with E-state index in [0.29, 0.717) is 45.0 Å². The van der Waals surface area contributed by atoms with Gasteiger partial charge in [-0.1, -0.05) is 73.1 Å². The van der Waals surface area contributed by atoms with Crippen LogP contribution in [0, 0.1) is 50.2 Å². The molecule has 3 unspecified atom stereocenters. The Morgan fingerprint density at radius 1 is 0.791 bits per heavy atom. The summed E-state index contributed by atoms with van der Waals surface area (Å²) < 4.78 is 6.19. The van der Waals surface area contributed by atoms with E-state index in [9.17, 15) is 15.0 Å². The van der Waals surface area contributed by atoms with Crippen LogP contribution in [-0.2, 0) is 9.53 Å². The van der Waals surface area contributed by atoms with Crippen molar-refractivity contribution in [2.75, 3.05) is 0 Å². The summed E-state index contributed by atoms with van der Waals surface area (Å²) in [5, 5.41) is 19.4. The number of rotatable bonds is 3. The van der Waals surface area contributed by atoms with E-state index >= 15 is 0 Å². The molecule has 6 rings (SSSR count). The zero-order valence-electron chi connectivity index (χ0n) is 28.1. The van der Waals surface area contributed by atoms with Crippen LogP contribution in [0.25, 0.3) is 6.08 Å². The van der Waals surface area contributed by atoms with Crippen molar-refractivity contribution in [1.82, 2.24) is 0 Å². The molecule has 0 aromatic heterocycles. The van der Waals surface area contributed by atoms with E-state index < -0.39 is 0 Å². The van der Waals surface area contributed by atoms with Crippen LogP contribution in [0.2, 0.25) is 0 Å². The number of ether oxygens (including phenoxy) is 1. The first-order chi connectivity index (χ1) is 20.0. The quantitative estimate of drug-likeness (QED) is 0.160. The minimum absolute atomic E-state index is 0.104. The fraction of sp³-hybridized carbons (Fsp3) is 0.718. The maximum Gasteiger partial charge on any atom is 0.331 e. The summed E-state index contributed by atoms with van der Waals surface area (Å²) in [5.41, 5.74) is 3.97. The average Bonchev–Trinajstić information content (AvgIpc) is 2.92. The van der Waals surface area contributed by atoms with Crippen molar-refractivity contribution in [3.05, 3.63) is 41.5 Å². The van der Waals surface area contributed by atoms with Crippen LogP contribution < -0.4 is 0 Å². The molecule has 4 fully saturated rings. The predicted octanol–water partition coefficient (Wildman–Crippen LogP) is 9.84. The van der Waals surface area contributed by atoms with Gasteiger partial charge in [0.2, 0.25) is 0 Å². The first kappa shape index (κ1) is 30.8. The number of carbonyl (C=O) groups is 1. The molecule has 0 heterocycles. The molecule has 8 atom stereocenters. The second kappa shape index (κ2) is 9.88. The number of hydrogen-bond donors (Lipinski definition) is 2. The van der Waals surface area contributed by atoms with Gasteiger partial charge in [0.25, 0.3) is 0 Å². The number of esters is 1. The zero-order valence-corrected chi connectivity index (χ0v) is 28.1. The molecule has 5 aliphatic carbocycles. The predicted molar refractivity (Wildman–Crippen MR) is 173 cm³/mol. The number of carbonyl (C=O) groups excluding carboxylic acids is 1. The molecule has 236 valence electrons. The van der Waals surface area contributed by atoms with Gasteiger partial charge in [0.15, 0.2) is 11.5 Å². The van der Waals surface area contributed by atoms with Crippen LogP contribution in [0.3, 0.4) is 0 Å². The third-order valence-electron chi connectivity index (χ3n) is 14.6. The summed E-state index contributed by atoms with van der Waals surface area (Å²) in [6.45, 7) is 20.2. The van der Waals surface area contributed by atoms with E-state index in [-0.39, 0.29) is 34.4 Å². The van der Waals surface area contributed by atoms with Crippen molar-refractivity contribution in [3.63, 3.8) is 0 Å². The molecular formula is C39H56O4. The zero-order chi connectivity index (χ0) is 31.2. The van der Waals surface area contributed by atoms with Gasteiger partial charge in [-0.05, 0) is 133 Å². The molecule has 4 saturated carbocycles. The standard InChI is InChI=1S/C39H56O4/c1-34(2)19-20-36(5)21-22-38(7)26(27(36)24-34)11-13-31-37(6)17-16-32(35(3,4)30(37)15-18-39(31,38)8)43-33(42)14-10-25-9-12-28(40)29(41)23-25/h9-10,12,14,23-24,26,30-32,40-41H,11,13,15-22H2,1-8H3/b14-10+/t26?,30?,31?,32-,36+,37-,38+,39+/m0/s1. The minimum Gasteiger partial charge on any atom is -0.504 e. The number of benzene rings is 1. The molecule has 0 saturated heterocycles. The topological polar surface area (TPSA) is 66.8 Å².